The zero-order chi connectivity index (χ0) is 15.8. The lowest BCUT2D eigenvalue weighted by atomic mass is 10.3. The molecule has 0 saturated carbocycles. The van der Waals surface area contributed by atoms with Gasteiger partial charge in [0.15, 0.2) is 22.1 Å². The van der Waals surface area contributed by atoms with E-state index in [1.54, 1.807) is 11.8 Å². The summed E-state index contributed by atoms with van der Waals surface area (Å²) in [6, 6.07) is 0. The lowest BCUT2D eigenvalue weighted by Gasteiger charge is -2.33. The summed E-state index contributed by atoms with van der Waals surface area (Å²) in [5.74, 6) is 0.962. The lowest BCUT2D eigenvalue weighted by Crippen LogP contribution is -2.45. The predicted octanol–water partition coefficient (Wildman–Crippen LogP) is 1.61. The Labute approximate surface area is 140 Å². The van der Waals surface area contributed by atoms with Gasteiger partial charge in [-0.2, -0.15) is 0 Å². The quantitative estimate of drug-likeness (QED) is 0.624. The van der Waals surface area contributed by atoms with E-state index in [-0.39, 0.29) is 6.23 Å². The van der Waals surface area contributed by atoms with Crippen LogP contribution in [0.5, 0.6) is 0 Å². The molecular weight excluding hydrogens is 312 g/mol. The van der Waals surface area contributed by atoms with Crippen LogP contribution in [-0.4, -0.2) is 70.5 Å². The Morgan fingerprint density at radius 2 is 2.04 bits per heavy atom. The second-order valence-corrected chi connectivity index (χ2v) is 6.89. The molecule has 23 heavy (non-hydrogen) atoms. The van der Waals surface area contributed by atoms with E-state index >= 15 is 0 Å². The first-order valence-electron chi connectivity index (χ1n) is 8.10. The van der Waals surface area contributed by atoms with Gasteiger partial charge in [0.25, 0.3) is 0 Å². The molecule has 1 atom stereocenters. The highest BCUT2D eigenvalue weighted by Crippen LogP contribution is 2.31. The third kappa shape index (κ3) is 2.79. The van der Waals surface area contributed by atoms with Crippen molar-refractivity contribution in [3.63, 3.8) is 0 Å². The molecule has 2 saturated heterocycles. The zero-order valence-electron chi connectivity index (χ0n) is 13.6. The minimum absolute atomic E-state index is 0.0601. The van der Waals surface area contributed by atoms with E-state index in [1.165, 1.54) is 0 Å². The van der Waals surface area contributed by atoms with Gasteiger partial charge in [-0.05, 0) is 26.1 Å². The van der Waals surface area contributed by atoms with Gasteiger partial charge in [-0.3, -0.25) is 4.57 Å². The van der Waals surface area contributed by atoms with E-state index in [0.29, 0.717) is 0 Å². The Hall–Kier alpha value is -1.38. The third-order valence-electron chi connectivity index (χ3n) is 4.58. The van der Waals surface area contributed by atoms with Crippen LogP contribution in [0.1, 0.15) is 19.1 Å². The van der Waals surface area contributed by atoms with Gasteiger partial charge in [0.1, 0.15) is 6.23 Å². The molecule has 8 heteroatoms. The highest BCUT2D eigenvalue weighted by atomic mass is 32.2. The van der Waals surface area contributed by atoms with Gasteiger partial charge in [-0.1, -0.05) is 11.8 Å². The number of ether oxygens (including phenoxy) is 1. The molecule has 0 bridgehead atoms. The fourth-order valence-electron chi connectivity index (χ4n) is 3.20. The molecule has 0 spiro atoms. The number of likely N-dealkylation sites (N-methyl/N-ethyl adjacent to an activating group) is 1. The fraction of sp³-hybridized carbons (Fsp3) is 0.667. The number of hydrogen-bond donors (Lipinski definition) is 0. The van der Waals surface area contributed by atoms with Crippen LogP contribution in [0, 0.1) is 0 Å². The summed E-state index contributed by atoms with van der Waals surface area (Å²) >= 11 is 1.58. The molecule has 2 aromatic heterocycles. The van der Waals surface area contributed by atoms with Crippen LogP contribution < -0.4 is 4.90 Å². The van der Waals surface area contributed by atoms with Gasteiger partial charge >= 0.3 is 0 Å². The molecule has 7 nitrogen and oxygen atoms in total. The van der Waals surface area contributed by atoms with Crippen LogP contribution in [0.15, 0.2) is 11.5 Å². The maximum Gasteiger partial charge on any atom is 0.191 e. The average Bonchev–Trinajstić information content (AvgIpc) is 3.23. The van der Waals surface area contributed by atoms with Crippen LogP contribution in [0.2, 0.25) is 0 Å². The summed E-state index contributed by atoms with van der Waals surface area (Å²) in [6.45, 7) is 4.86. The van der Waals surface area contributed by atoms with Crippen molar-refractivity contribution in [3.05, 3.63) is 6.33 Å². The molecule has 4 heterocycles. The molecule has 0 aliphatic carbocycles. The Kier molecular flexibility index (Phi) is 4.13. The summed E-state index contributed by atoms with van der Waals surface area (Å²) in [6.07, 6.45) is 6.05. The smallest absolute Gasteiger partial charge is 0.191 e. The van der Waals surface area contributed by atoms with Gasteiger partial charge < -0.3 is 14.5 Å². The number of piperazine rings is 1. The van der Waals surface area contributed by atoms with E-state index in [9.17, 15) is 0 Å². The standard InChI is InChI=1S/C15H22N6OS/c1-19-5-7-20(8-6-19)13-12-14(18-15(17-13)23-2)21(10-16-12)11-4-3-9-22-11/h10-11H,3-9H2,1-2H3. The number of thioether (sulfide) groups is 1. The summed E-state index contributed by atoms with van der Waals surface area (Å²) < 4.78 is 7.89. The van der Waals surface area contributed by atoms with Crippen molar-refractivity contribution in [2.75, 3.05) is 51.0 Å². The molecule has 2 aliphatic heterocycles. The van der Waals surface area contributed by atoms with Crippen LogP contribution in [0.4, 0.5) is 5.82 Å². The Morgan fingerprint density at radius 1 is 1.22 bits per heavy atom. The monoisotopic (exact) mass is 334 g/mol. The first-order valence-corrected chi connectivity index (χ1v) is 9.32. The summed E-state index contributed by atoms with van der Waals surface area (Å²) in [5.41, 5.74) is 1.79. The predicted molar refractivity (Wildman–Crippen MR) is 91.0 cm³/mol. The van der Waals surface area contributed by atoms with Crippen LogP contribution in [-0.2, 0) is 4.74 Å². The van der Waals surface area contributed by atoms with E-state index in [4.69, 9.17) is 14.7 Å². The number of rotatable bonds is 3. The van der Waals surface area contributed by atoms with E-state index in [0.717, 1.165) is 67.8 Å². The molecule has 2 fully saturated rings. The Balaban J connectivity index is 1.77. The number of hydrogen-bond acceptors (Lipinski definition) is 7. The molecule has 4 rings (SSSR count). The topological polar surface area (TPSA) is 59.3 Å². The molecule has 0 amide bonds. The SMILES string of the molecule is CSc1nc(N2CCN(C)CC2)c2ncn(C3CCCO3)c2n1. The zero-order valence-corrected chi connectivity index (χ0v) is 14.4. The van der Waals surface area contributed by atoms with Crippen molar-refractivity contribution in [3.8, 4) is 0 Å². The van der Waals surface area contributed by atoms with Crippen molar-refractivity contribution in [2.24, 2.45) is 0 Å². The number of aromatic nitrogens is 4. The molecule has 0 N–H and O–H groups in total. The molecule has 2 aliphatic rings. The number of fused-ring (bicyclic) bond motifs is 1. The van der Waals surface area contributed by atoms with Gasteiger partial charge in [-0.15, -0.1) is 0 Å². The highest BCUT2D eigenvalue weighted by molar-refractivity contribution is 7.98. The molecule has 124 valence electrons. The molecular formula is C15H22N6OS. The van der Waals surface area contributed by atoms with Gasteiger partial charge in [0.2, 0.25) is 0 Å². The summed E-state index contributed by atoms with van der Waals surface area (Å²) in [5, 5.41) is 0.797. The van der Waals surface area contributed by atoms with E-state index in [2.05, 4.69) is 26.4 Å². The number of imidazole rings is 1. The number of nitrogens with zero attached hydrogens (tertiary/aromatic N) is 6. The molecule has 2 aromatic rings. The van der Waals surface area contributed by atoms with Gasteiger partial charge in [0, 0.05) is 32.8 Å². The molecule has 1 unspecified atom stereocenters. The van der Waals surface area contributed by atoms with Gasteiger partial charge in [-0.25, -0.2) is 15.0 Å². The van der Waals surface area contributed by atoms with E-state index < -0.39 is 0 Å². The van der Waals surface area contributed by atoms with Gasteiger partial charge in [0.05, 0.1) is 6.33 Å². The van der Waals surface area contributed by atoms with Crippen LogP contribution in [0.3, 0.4) is 0 Å². The van der Waals surface area contributed by atoms with Crippen molar-refractivity contribution in [2.45, 2.75) is 24.2 Å². The Morgan fingerprint density at radius 3 is 2.74 bits per heavy atom. The van der Waals surface area contributed by atoms with Crippen molar-refractivity contribution in [1.82, 2.24) is 24.4 Å². The van der Waals surface area contributed by atoms with Crippen molar-refractivity contribution in [1.29, 1.82) is 0 Å². The second kappa shape index (κ2) is 6.26. The first kappa shape index (κ1) is 15.2. The second-order valence-electron chi connectivity index (χ2n) is 6.12. The minimum Gasteiger partial charge on any atom is -0.358 e. The van der Waals surface area contributed by atoms with Crippen molar-refractivity contribution < 1.29 is 4.74 Å². The van der Waals surface area contributed by atoms with Crippen LogP contribution >= 0.6 is 11.8 Å². The fourth-order valence-corrected chi connectivity index (χ4v) is 3.56. The minimum atomic E-state index is 0.0601. The summed E-state index contributed by atoms with van der Waals surface area (Å²) in [7, 11) is 2.16. The normalized spacial score (nSPS) is 23.0. The highest BCUT2D eigenvalue weighted by Gasteiger charge is 2.25. The number of anilines is 1. The van der Waals surface area contributed by atoms with E-state index in [1.807, 2.05) is 12.6 Å². The third-order valence-corrected chi connectivity index (χ3v) is 5.13. The maximum absolute atomic E-state index is 5.81. The Bertz CT molecular complexity index is 691. The largest absolute Gasteiger partial charge is 0.358 e. The molecule has 0 aromatic carbocycles. The van der Waals surface area contributed by atoms with Crippen molar-refractivity contribution >= 4 is 28.7 Å². The first-order chi connectivity index (χ1) is 11.3. The average molecular weight is 334 g/mol. The van der Waals surface area contributed by atoms with Crippen LogP contribution in [0.25, 0.3) is 11.2 Å². The maximum atomic E-state index is 5.81. The molecule has 0 radical (unpaired) electrons. The lowest BCUT2D eigenvalue weighted by molar-refractivity contribution is 0.0592. The summed E-state index contributed by atoms with van der Waals surface area (Å²) in [4.78, 5) is 18.8.